The second-order valence-electron chi connectivity index (χ2n) is 5.16. The van der Waals surface area contributed by atoms with Crippen LogP contribution in [0.15, 0.2) is 16.7 Å². The Labute approximate surface area is 144 Å². The molecule has 0 fully saturated rings. The summed E-state index contributed by atoms with van der Waals surface area (Å²) in [6.45, 7) is 1.93. The van der Waals surface area contributed by atoms with Gasteiger partial charge in [0.15, 0.2) is 5.82 Å². The second-order valence-corrected chi connectivity index (χ2v) is 5.57. The molecule has 0 radical (unpaired) electrons. The van der Waals surface area contributed by atoms with Crippen LogP contribution in [0.25, 0.3) is 0 Å². The fourth-order valence-corrected chi connectivity index (χ4v) is 2.15. The molecule has 1 aromatic carbocycles. The van der Waals surface area contributed by atoms with E-state index in [9.17, 15) is 4.79 Å². The highest BCUT2D eigenvalue weighted by Crippen LogP contribution is 2.29. The molecule has 130 valence electrons. The molecule has 1 heterocycles. The van der Waals surface area contributed by atoms with Crippen LogP contribution in [-0.4, -0.2) is 42.2 Å². The average molecular weight is 355 g/mol. The van der Waals surface area contributed by atoms with Gasteiger partial charge < -0.3 is 24.6 Å². The van der Waals surface area contributed by atoms with Gasteiger partial charge in [-0.2, -0.15) is 4.98 Å². The molecule has 0 bridgehead atoms. The minimum atomic E-state index is -0.312. The fourth-order valence-electron chi connectivity index (χ4n) is 1.99. The molecule has 2 N–H and O–H groups in total. The molecule has 0 aliphatic carbocycles. The molecule has 1 atom stereocenters. The number of hydrogen-bond acceptors (Lipinski definition) is 7. The Hall–Kier alpha value is -2.32. The van der Waals surface area contributed by atoms with Crippen molar-refractivity contribution < 1.29 is 18.8 Å². The number of anilines is 1. The van der Waals surface area contributed by atoms with E-state index in [1.165, 1.54) is 24.1 Å². The zero-order chi connectivity index (χ0) is 17.9. The van der Waals surface area contributed by atoms with Gasteiger partial charge in [-0.15, -0.1) is 0 Å². The van der Waals surface area contributed by atoms with Crippen molar-refractivity contribution in [3.05, 3.63) is 34.4 Å². The summed E-state index contributed by atoms with van der Waals surface area (Å²) < 4.78 is 15.4. The number of nitrogen functional groups attached to an aromatic ring is 1. The number of aromatic nitrogens is 2. The van der Waals surface area contributed by atoms with Gasteiger partial charge in [0.1, 0.15) is 11.9 Å². The van der Waals surface area contributed by atoms with Gasteiger partial charge in [0.05, 0.1) is 29.9 Å². The molecule has 24 heavy (non-hydrogen) atoms. The lowest BCUT2D eigenvalue weighted by Crippen LogP contribution is -2.27. The van der Waals surface area contributed by atoms with Crippen molar-refractivity contribution in [2.75, 3.05) is 27.0 Å². The van der Waals surface area contributed by atoms with Crippen LogP contribution in [0.1, 0.15) is 35.1 Å². The van der Waals surface area contributed by atoms with Gasteiger partial charge in [-0.05, 0) is 13.0 Å². The van der Waals surface area contributed by atoms with Crippen LogP contribution in [0, 0.1) is 0 Å². The SMILES string of the molecule is COc1cc(N)c(Cl)cc1C(=O)N(C)Cc1nc(C(C)OC)no1. The minimum Gasteiger partial charge on any atom is -0.496 e. The lowest BCUT2D eigenvalue weighted by molar-refractivity contribution is 0.0766. The number of halogens is 1. The number of carbonyl (C=O) groups excluding carboxylic acids is 1. The molecule has 0 aliphatic rings. The molecule has 1 amide bonds. The van der Waals surface area contributed by atoms with Crippen molar-refractivity contribution in [2.45, 2.75) is 19.6 Å². The van der Waals surface area contributed by atoms with Crippen LogP contribution in [0.2, 0.25) is 5.02 Å². The van der Waals surface area contributed by atoms with Gasteiger partial charge in [-0.25, -0.2) is 0 Å². The lowest BCUT2D eigenvalue weighted by atomic mass is 10.1. The highest BCUT2D eigenvalue weighted by molar-refractivity contribution is 6.33. The first kappa shape index (κ1) is 18.0. The summed E-state index contributed by atoms with van der Waals surface area (Å²) in [6, 6.07) is 2.98. The highest BCUT2D eigenvalue weighted by atomic mass is 35.5. The molecule has 2 rings (SSSR count). The Morgan fingerprint density at radius 3 is 2.79 bits per heavy atom. The molecule has 0 aliphatic heterocycles. The molecule has 0 spiro atoms. The Balaban J connectivity index is 2.18. The average Bonchev–Trinajstić information content (AvgIpc) is 3.03. The van der Waals surface area contributed by atoms with Crippen LogP contribution in [0.5, 0.6) is 5.75 Å². The topological polar surface area (TPSA) is 104 Å². The predicted molar refractivity (Wildman–Crippen MR) is 87.9 cm³/mol. The third-order valence-corrected chi connectivity index (χ3v) is 3.80. The number of nitrogens with zero attached hydrogens (tertiary/aromatic N) is 3. The van der Waals surface area contributed by atoms with Crippen LogP contribution < -0.4 is 10.5 Å². The predicted octanol–water partition coefficient (Wildman–Crippen LogP) is 2.29. The normalized spacial score (nSPS) is 12.0. The standard InChI is InChI=1S/C15H19ClN4O4/c1-8(22-3)14-18-13(24-19-14)7-20(2)15(21)9-5-10(16)11(17)6-12(9)23-4/h5-6,8H,7,17H2,1-4H3. The second kappa shape index (κ2) is 7.50. The monoisotopic (exact) mass is 354 g/mol. The Morgan fingerprint density at radius 1 is 1.46 bits per heavy atom. The highest BCUT2D eigenvalue weighted by Gasteiger charge is 2.21. The zero-order valence-corrected chi connectivity index (χ0v) is 14.6. The zero-order valence-electron chi connectivity index (χ0n) is 13.9. The Kier molecular flexibility index (Phi) is 5.63. The van der Waals surface area contributed by atoms with Crippen molar-refractivity contribution in [2.24, 2.45) is 0 Å². The summed E-state index contributed by atoms with van der Waals surface area (Å²) in [4.78, 5) is 18.2. The van der Waals surface area contributed by atoms with E-state index in [0.717, 1.165) is 0 Å². The van der Waals surface area contributed by atoms with Crippen molar-refractivity contribution in [3.63, 3.8) is 0 Å². The van der Waals surface area contributed by atoms with Gasteiger partial charge in [0, 0.05) is 20.2 Å². The number of rotatable bonds is 6. The largest absolute Gasteiger partial charge is 0.496 e. The number of methoxy groups -OCH3 is 2. The van der Waals surface area contributed by atoms with Gasteiger partial charge in [0.25, 0.3) is 5.91 Å². The number of carbonyl (C=O) groups is 1. The number of amides is 1. The molecular weight excluding hydrogens is 336 g/mol. The molecule has 0 saturated heterocycles. The maximum atomic E-state index is 12.6. The maximum absolute atomic E-state index is 12.6. The molecule has 9 heteroatoms. The smallest absolute Gasteiger partial charge is 0.257 e. The third-order valence-electron chi connectivity index (χ3n) is 3.47. The molecule has 1 aromatic heterocycles. The Morgan fingerprint density at radius 2 is 2.17 bits per heavy atom. The van der Waals surface area contributed by atoms with Crippen LogP contribution >= 0.6 is 11.6 Å². The fraction of sp³-hybridized carbons (Fsp3) is 0.400. The maximum Gasteiger partial charge on any atom is 0.257 e. The van der Waals surface area contributed by atoms with E-state index < -0.39 is 0 Å². The van der Waals surface area contributed by atoms with Crippen LogP contribution in [-0.2, 0) is 11.3 Å². The number of nitrogens with two attached hydrogens (primary N) is 1. The van der Waals surface area contributed by atoms with Gasteiger partial charge in [0.2, 0.25) is 5.89 Å². The molecule has 2 aromatic rings. The summed E-state index contributed by atoms with van der Waals surface area (Å²) >= 11 is 6.00. The number of ether oxygens (including phenoxy) is 2. The van der Waals surface area contributed by atoms with Crippen LogP contribution in [0.3, 0.4) is 0 Å². The van der Waals surface area contributed by atoms with E-state index in [1.54, 1.807) is 21.1 Å². The first-order chi connectivity index (χ1) is 11.4. The summed E-state index contributed by atoms with van der Waals surface area (Å²) in [5.41, 5.74) is 6.36. The van der Waals surface area contributed by atoms with E-state index in [-0.39, 0.29) is 23.6 Å². The minimum absolute atomic E-state index is 0.132. The first-order valence-corrected chi connectivity index (χ1v) is 7.48. The summed E-state index contributed by atoms with van der Waals surface area (Å²) in [5, 5.41) is 4.10. The van der Waals surface area contributed by atoms with Crippen molar-refractivity contribution in [1.82, 2.24) is 15.0 Å². The van der Waals surface area contributed by atoms with Gasteiger partial charge in [-0.1, -0.05) is 16.8 Å². The van der Waals surface area contributed by atoms with E-state index >= 15 is 0 Å². The summed E-state index contributed by atoms with van der Waals surface area (Å²) in [5.74, 6) is 0.744. The third kappa shape index (κ3) is 3.77. The van der Waals surface area contributed by atoms with Crippen LogP contribution in [0.4, 0.5) is 5.69 Å². The summed E-state index contributed by atoms with van der Waals surface area (Å²) in [7, 11) is 4.61. The Bertz CT molecular complexity index is 734. The van der Waals surface area contributed by atoms with E-state index in [1.807, 2.05) is 0 Å². The molecule has 8 nitrogen and oxygen atoms in total. The molecule has 0 saturated carbocycles. The quantitative estimate of drug-likeness (QED) is 0.793. The van der Waals surface area contributed by atoms with E-state index in [2.05, 4.69) is 10.1 Å². The van der Waals surface area contributed by atoms with Gasteiger partial charge >= 0.3 is 0 Å². The van der Waals surface area contributed by atoms with Crippen molar-refractivity contribution in [1.29, 1.82) is 0 Å². The lowest BCUT2D eigenvalue weighted by Gasteiger charge is -2.17. The van der Waals surface area contributed by atoms with E-state index in [4.69, 9.17) is 31.3 Å². The molecule has 1 unspecified atom stereocenters. The van der Waals surface area contributed by atoms with Crippen molar-refractivity contribution >= 4 is 23.2 Å². The van der Waals surface area contributed by atoms with E-state index in [0.29, 0.717) is 28.7 Å². The van der Waals surface area contributed by atoms with Crippen molar-refractivity contribution in [3.8, 4) is 5.75 Å². The molecular formula is C15H19ClN4O4. The number of hydrogen-bond donors (Lipinski definition) is 1. The van der Waals surface area contributed by atoms with Gasteiger partial charge in [-0.3, -0.25) is 4.79 Å². The first-order valence-electron chi connectivity index (χ1n) is 7.11. The number of benzene rings is 1. The summed E-state index contributed by atoms with van der Waals surface area (Å²) in [6.07, 6.45) is -0.292.